The molecule has 1 aromatic carbocycles. The van der Waals surface area contributed by atoms with Crippen molar-refractivity contribution >= 4 is 21.3 Å². The zero-order valence-corrected chi connectivity index (χ0v) is 8.95. The molecule has 6 heteroatoms. The lowest BCUT2D eigenvalue weighted by Crippen LogP contribution is -2.19. The van der Waals surface area contributed by atoms with Crippen LogP contribution in [0.5, 0.6) is 5.75 Å². The van der Waals surface area contributed by atoms with Crippen LogP contribution < -0.4 is 4.74 Å². The summed E-state index contributed by atoms with van der Waals surface area (Å²) in [6.45, 7) is 0. The predicted molar refractivity (Wildman–Crippen MR) is 56.3 cm³/mol. The maximum absolute atomic E-state index is 10.9. The van der Waals surface area contributed by atoms with Crippen LogP contribution in [0.3, 0.4) is 0 Å². The van der Waals surface area contributed by atoms with Crippen molar-refractivity contribution in [2.24, 2.45) is 0 Å². The first kappa shape index (κ1) is 10.7. The van der Waals surface area contributed by atoms with Gasteiger partial charge in [0.25, 0.3) is 10.3 Å². The molecule has 0 spiro atoms. The quantitative estimate of drug-likeness (QED) is 0.731. The minimum absolute atomic E-state index is 0.0137. The molecular formula is C10H8O5S. The molecule has 0 unspecified atom stereocenters. The summed E-state index contributed by atoms with van der Waals surface area (Å²) in [5.74, 6) is -0.991. The number of hydrogen-bond donors (Lipinski definition) is 1. The maximum atomic E-state index is 10.9. The van der Waals surface area contributed by atoms with E-state index in [1.54, 1.807) is 12.1 Å². The first-order valence-corrected chi connectivity index (χ1v) is 5.65. The van der Waals surface area contributed by atoms with E-state index in [4.69, 9.17) is 9.84 Å². The molecule has 0 fully saturated rings. The summed E-state index contributed by atoms with van der Waals surface area (Å²) in [6.07, 6.45) is 0.742. The van der Waals surface area contributed by atoms with Crippen molar-refractivity contribution in [3.8, 4) is 5.75 Å². The highest BCUT2D eigenvalue weighted by Crippen LogP contribution is 2.29. The average Bonchev–Trinajstić information content (AvgIpc) is 2.27. The molecule has 2 rings (SSSR count). The lowest BCUT2D eigenvalue weighted by atomic mass is 10.0. The van der Waals surface area contributed by atoms with Crippen molar-refractivity contribution in [3.63, 3.8) is 0 Å². The number of carboxylic acid groups (broad SMARTS) is 1. The molecule has 1 aliphatic heterocycles. The number of ether oxygens (including phenoxy) is 1. The molecule has 0 radical (unpaired) electrons. The van der Waals surface area contributed by atoms with Crippen LogP contribution in [0, 0.1) is 0 Å². The van der Waals surface area contributed by atoms with Crippen molar-refractivity contribution in [1.82, 2.24) is 0 Å². The number of aryl methyl sites for hydroxylation is 1. The summed E-state index contributed by atoms with van der Waals surface area (Å²) in [4.78, 5) is 10.9. The van der Waals surface area contributed by atoms with E-state index in [2.05, 4.69) is 0 Å². The number of carboxylic acids is 1. The van der Waals surface area contributed by atoms with E-state index in [1.165, 1.54) is 6.07 Å². The Morgan fingerprint density at radius 3 is 2.69 bits per heavy atom. The Bertz CT molecular complexity index is 577. The third-order valence-electron chi connectivity index (χ3n) is 2.33. The Labute approximate surface area is 92.8 Å². The molecule has 84 valence electrons. The highest BCUT2D eigenvalue weighted by atomic mass is 32.2. The van der Waals surface area contributed by atoms with E-state index in [9.17, 15) is 13.2 Å². The fourth-order valence-corrected chi connectivity index (χ4v) is 2.01. The molecule has 0 saturated carbocycles. The summed E-state index contributed by atoms with van der Waals surface area (Å²) in [5, 5.41) is 8.81. The van der Waals surface area contributed by atoms with E-state index in [0.717, 1.165) is 0 Å². The molecule has 16 heavy (non-hydrogen) atoms. The van der Waals surface area contributed by atoms with Crippen molar-refractivity contribution < 1.29 is 23.1 Å². The van der Waals surface area contributed by atoms with Gasteiger partial charge < -0.3 is 9.84 Å². The number of benzene rings is 1. The number of para-hydroxylation sites is 1. The highest BCUT2D eigenvalue weighted by molar-refractivity contribution is 7.72. The van der Waals surface area contributed by atoms with Gasteiger partial charge >= 0.3 is 5.97 Å². The Morgan fingerprint density at radius 1 is 1.31 bits per heavy atom. The number of carbonyl (C=O) groups is 1. The van der Waals surface area contributed by atoms with Gasteiger partial charge in [-0.05, 0) is 18.1 Å². The minimum atomic E-state index is -2.43. The zero-order chi connectivity index (χ0) is 11.7. The third-order valence-corrected chi connectivity index (χ3v) is 2.99. The van der Waals surface area contributed by atoms with Crippen molar-refractivity contribution in [2.45, 2.75) is 12.8 Å². The van der Waals surface area contributed by atoms with Gasteiger partial charge in [0.1, 0.15) is 11.3 Å². The summed E-state index contributed by atoms with van der Waals surface area (Å²) >= 11 is 0. The largest absolute Gasteiger partial charge is 0.478 e. The lowest BCUT2D eigenvalue weighted by molar-refractivity contribution is 0.0694. The number of hydrogen-bond acceptors (Lipinski definition) is 4. The average molecular weight is 240 g/mol. The van der Waals surface area contributed by atoms with Crippen LogP contribution in [0.4, 0.5) is 0 Å². The second kappa shape index (κ2) is 3.97. The molecule has 0 aliphatic carbocycles. The van der Waals surface area contributed by atoms with Gasteiger partial charge in [-0.2, -0.15) is 8.42 Å². The van der Waals surface area contributed by atoms with Crippen molar-refractivity contribution in [1.29, 1.82) is 0 Å². The van der Waals surface area contributed by atoms with Crippen LogP contribution in [0.2, 0.25) is 0 Å². The third kappa shape index (κ3) is 1.79. The maximum Gasteiger partial charge on any atom is 0.339 e. The Kier molecular flexibility index (Phi) is 2.66. The zero-order valence-electron chi connectivity index (χ0n) is 8.13. The smallest absolute Gasteiger partial charge is 0.339 e. The van der Waals surface area contributed by atoms with Crippen LogP contribution in [0.25, 0.3) is 0 Å². The fraction of sp³-hybridized carbons (Fsp3) is 0.200. The molecule has 5 nitrogen and oxygen atoms in total. The number of rotatable bonds is 1. The Morgan fingerprint density at radius 2 is 2.06 bits per heavy atom. The molecule has 1 N–H and O–H groups in total. The number of fused-ring (bicyclic) bond motifs is 1. The van der Waals surface area contributed by atoms with Gasteiger partial charge in [-0.3, -0.25) is 0 Å². The van der Waals surface area contributed by atoms with Gasteiger partial charge in [0, 0.05) is 6.42 Å². The second-order valence-corrected chi connectivity index (χ2v) is 4.23. The lowest BCUT2D eigenvalue weighted by Gasteiger charge is -2.18. The van der Waals surface area contributed by atoms with Gasteiger partial charge in [0.05, 0.1) is 0 Å². The van der Waals surface area contributed by atoms with Crippen LogP contribution in [-0.4, -0.2) is 24.5 Å². The van der Waals surface area contributed by atoms with E-state index < -0.39 is 16.3 Å². The summed E-state index contributed by atoms with van der Waals surface area (Å²) < 4.78 is 26.6. The van der Waals surface area contributed by atoms with Gasteiger partial charge in [0.15, 0.2) is 0 Å². The van der Waals surface area contributed by atoms with Gasteiger partial charge in [-0.15, -0.1) is 0 Å². The van der Waals surface area contributed by atoms with E-state index >= 15 is 0 Å². The van der Waals surface area contributed by atoms with Crippen molar-refractivity contribution in [3.05, 3.63) is 29.3 Å². The Balaban J connectivity index is 2.58. The molecule has 0 aromatic heterocycles. The van der Waals surface area contributed by atoms with Crippen molar-refractivity contribution in [2.75, 3.05) is 0 Å². The molecule has 1 aliphatic rings. The normalized spacial score (nSPS) is 13.9. The Hall–Kier alpha value is -1.82. The molecule has 0 amide bonds. The topological polar surface area (TPSA) is 80.7 Å². The van der Waals surface area contributed by atoms with Crippen LogP contribution in [0.15, 0.2) is 18.2 Å². The van der Waals surface area contributed by atoms with E-state index in [0.29, 0.717) is 12.0 Å². The van der Waals surface area contributed by atoms with Gasteiger partial charge in [-0.25, -0.2) is 4.79 Å². The van der Waals surface area contributed by atoms with Crippen LogP contribution in [0.1, 0.15) is 22.3 Å². The molecule has 0 saturated heterocycles. The molecule has 1 heterocycles. The van der Waals surface area contributed by atoms with E-state index in [-0.39, 0.29) is 22.8 Å². The van der Waals surface area contributed by atoms with Gasteiger partial charge in [-0.1, -0.05) is 12.1 Å². The minimum Gasteiger partial charge on any atom is -0.478 e. The summed E-state index contributed by atoms with van der Waals surface area (Å²) in [5.41, 5.74) is 0.703. The standard InChI is InChI=1S/C10H8O5S/c11-10(12)7-3-1-2-6-4-5-8(16(13)14)15-9(6)7/h1-3H,4-5H2,(H,11,12). The fourth-order valence-electron chi connectivity index (χ4n) is 1.59. The van der Waals surface area contributed by atoms with E-state index in [1.807, 2.05) is 0 Å². The monoisotopic (exact) mass is 240 g/mol. The molecular weight excluding hydrogens is 232 g/mol. The summed E-state index contributed by atoms with van der Waals surface area (Å²) in [6, 6.07) is 4.73. The SMILES string of the molecule is O=C(O)c1cccc2c1OC(=S(=O)=O)CC2. The first-order chi connectivity index (χ1) is 7.59. The van der Waals surface area contributed by atoms with Gasteiger partial charge in [0.2, 0.25) is 5.05 Å². The second-order valence-electron chi connectivity index (χ2n) is 3.31. The molecule has 0 bridgehead atoms. The molecule has 1 aromatic rings. The summed E-state index contributed by atoms with van der Waals surface area (Å²) in [7, 11) is -2.43. The number of aromatic carboxylic acids is 1. The predicted octanol–water partition coefficient (Wildman–Crippen LogP) is 0.719. The van der Waals surface area contributed by atoms with Crippen LogP contribution >= 0.6 is 0 Å². The van der Waals surface area contributed by atoms with Crippen LogP contribution in [-0.2, 0) is 16.7 Å². The molecule has 0 atom stereocenters. The highest BCUT2D eigenvalue weighted by Gasteiger charge is 2.22. The first-order valence-electron chi connectivity index (χ1n) is 4.57.